The summed E-state index contributed by atoms with van der Waals surface area (Å²) >= 11 is 0. The van der Waals surface area contributed by atoms with E-state index in [1.807, 2.05) is 0 Å². The van der Waals surface area contributed by atoms with Crippen molar-refractivity contribution in [3.05, 3.63) is 29.3 Å². The fraction of sp³-hybridized carbons (Fsp3) is 0.667. The first kappa shape index (κ1) is 16.3. The summed E-state index contributed by atoms with van der Waals surface area (Å²) < 4.78 is 5.55. The second kappa shape index (κ2) is 6.80. The molecule has 0 amide bonds. The number of rotatable bonds is 5. The van der Waals surface area contributed by atoms with Gasteiger partial charge in [-0.25, -0.2) is 0 Å². The van der Waals surface area contributed by atoms with Crippen LogP contribution in [0, 0.1) is 6.92 Å². The maximum absolute atomic E-state index is 5.55. The minimum atomic E-state index is 0.225. The zero-order chi connectivity index (χ0) is 15.5. The molecule has 1 fully saturated rings. The zero-order valence-corrected chi connectivity index (χ0v) is 14.2. The van der Waals surface area contributed by atoms with E-state index in [9.17, 15) is 0 Å². The third-order valence-corrected chi connectivity index (χ3v) is 4.89. The first-order chi connectivity index (χ1) is 10.0. The minimum Gasteiger partial charge on any atom is -0.496 e. The van der Waals surface area contributed by atoms with Crippen molar-refractivity contribution in [2.75, 3.05) is 20.2 Å². The van der Waals surface area contributed by atoms with Gasteiger partial charge in [0.05, 0.1) is 7.11 Å². The summed E-state index contributed by atoms with van der Waals surface area (Å²) in [6.45, 7) is 12.2. The van der Waals surface area contributed by atoms with Crippen LogP contribution in [-0.4, -0.2) is 36.7 Å². The van der Waals surface area contributed by atoms with Gasteiger partial charge in [-0.3, -0.25) is 4.90 Å². The van der Waals surface area contributed by atoms with Gasteiger partial charge in [-0.2, -0.15) is 0 Å². The van der Waals surface area contributed by atoms with Crippen LogP contribution in [0.25, 0.3) is 0 Å². The van der Waals surface area contributed by atoms with E-state index in [1.54, 1.807) is 7.11 Å². The number of benzene rings is 1. The molecule has 3 nitrogen and oxygen atoms in total. The van der Waals surface area contributed by atoms with Crippen molar-refractivity contribution in [2.24, 2.45) is 0 Å². The van der Waals surface area contributed by atoms with Crippen molar-refractivity contribution < 1.29 is 4.74 Å². The first-order valence-corrected chi connectivity index (χ1v) is 8.14. The molecule has 1 saturated heterocycles. The Morgan fingerprint density at radius 3 is 2.76 bits per heavy atom. The molecule has 2 atom stereocenters. The lowest BCUT2D eigenvalue weighted by Gasteiger charge is -2.46. The molecule has 21 heavy (non-hydrogen) atoms. The van der Waals surface area contributed by atoms with Gasteiger partial charge in [0.15, 0.2) is 0 Å². The third-order valence-electron chi connectivity index (χ3n) is 4.89. The van der Waals surface area contributed by atoms with Crippen molar-refractivity contribution in [1.82, 2.24) is 10.2 Å². The summed E-state index contributed by atoms with van der Waals surface area (Å²) in [4.78, 5) is 2.62. The van der Waals surface area contributed by atoms with E-state index in [4.69, 9.17) is 4.74 Å². The van der Waals surface area contributed by atoms with Crippen molar-refractivity contribution in [2.45, 2.75) is 58.7 Å². The van der Waals surface area contributed by atoms with Crippen LogP contribution in [0.4, 0.5) is 0 Å². The summed E-state index contributed by atoms with van der Waals surface area (Å²) in [5, 5.41) is 3.73. The predicted molar refractivity (Wildman–Crippen MR) is 88.9 cm³/mol. The van der Waals surface area contributed by atoms with Crippen molar-refractivity contribution in [1.29, 1.82) is 0 Å². The summed E-state index contributed by atoms with van der Waals surface area (Å²) in [7, 11) is 1.76. The number of nitrogens with zero attached hydrogens (tertiary/aromatic N) is 1. The van der Waals surface area contributed by atoms with Crippen LogP contribution in [0.1, 0.15) is 44.7 Å². The number of ether oxygens (including phenoxy) is 1. The standard InChI is InChI=1S/C18H30N2O/c1-6-16-11-19-18(4,7-2)13-20(16)12-15-10-14(3)8-9-17(15)21-5/h8-10,16,19H,6-7,11-13H2,1-5H3. The molecule has 0 saturated carbocycles. The molecule has 0 aromatic heterocycles. The molecule has 118 valence electrons. The molecule has 2 unspecified atom stereocenters. The Hall–Kier alpha value is -1.06. The van der Waals surface area contributed by atoms with Crippen LogP contribution in [0.5, 0.6) is 5.75 Å². The molecule has 0 radical (unpaired) electrons. The van der Waals surface area contributed by atoms with Gasteiger partial charge >= 0.3 is 0 Å². The van der Waals surface area contributed by atoms with Crippen LogP contribution >= 0.6 is 0 Å². The summed E-state index contributed by atoms with van der Waals surface area (Å²) in [5.74, 6) is 1.01. The summed E-state index contributed by atoms with van der Waals surface area (Å²) in [6.07, 6.45) is 2.34. The van der Waals surface area contributed by atoms with Gasteiger partial charge in [-0.05, 0) is 32.8 Å². The van der Waals surface area contributed by atoms with Crippen LogP contribution in [0.3, 0.4) is 0 Å². The predicted octanol–water partition coefficient (Wildman–Crippen LogP) is 3.36. The highest BCUT2D eigenvalue weighted by atomic mass is 16.5. The minimum absolute atomic E-state index is 0.225. The molecule has 2 rings (SSSR count). The zero-order valence-electron chi connectivity index (χ0n) is 14.2. The van der Waals surface area contributed by atoms with Crippen LogP contribution in [0.15, 0.2) is 18.2 Å². The van der Waals surface area contributed by atoms with Gasteiger partial charge in [0.25, 0.3) is 0 Å². The van der Waals surface area contributed by atoms with E-state index in [2.05, 4.69) is 56.1 Å². The first-order valence-electron chi connectivity index (χ1n) is 8.14. The average molecular weight is 290 g/mol. The van der Waals surface area contributed by atoms with Crippen molar-refractivity contribution >= 4 is 0 Å². The largest absolute Gasteiger partial charge is 0.496 e. The lowest BCUT2D eigenvalue weighted by Crippen LogP contribution is -2.62. The molecular formula is C18H30N2O. The summed E-state index contributed by atoms with van der Waals surface area (Å²) in [6, 6.07) is 7.08. The number of hydrogen-bond donors (Lipinski definition) is 1. The van der Waals surface area contributed by atoms with Crippen molar-refractivity contribution in [3.8, 4) is 5.75 Å². The Bertz CT molecular complexity index is 474. The second-order valence-electron chi connectivity index (χ2n) is 6.58. The molecule has 1 aromatic carbocycles. The van der Waals surface area contributed by atoms with E-state index < -0.39 is 0 Å². The fourth-order valence-corrected chi connectivity index (χ4v) is 3.20. The van der Waals surface area contributed by atoms with Crippen LogP contribution in [-0.2, 0) is 6.54 Å². The molecule has 0 bridgehead atoms. The van der Waals surface area contributed by atoms with E-state index in [1.165, 1.54) is 17.5 Å². The van der Waals surface area contributed by atoms with Crippen LogP contribution < -0.4 is 10.1 Å². The maximum Gasteiger partial charge on any atom is 0.123 e. The average Bonchev–Trinajstić information content (AvgIpc) is 2.48. The van der Waals surface area contributed by atoms with Gasteiger partial charge in [0.2, 0.25) is 0 Å². The molecule has 1 aliphatic rings. The number of piperazine rings is 1. The highest BCUT2D eigenvalue weighted by molar-refractivity contribution is 5.37. The van der Waals surface area contributed by atoms with E-state index in [-0.39, 0.29) is 5.54 Å². The van der Waals surface area contributed by atoms with Gasteiger partial charge in [0, 0.05) is 36.8 Å². The molecule has 3 heteroatoms. The molecule has 1 N–H and O–H groups in total. The monoisotopic (exact) mass is 290 g/mol. The lowest BCUT2D eigenvalue weighted by atomic mass is 9.92. The Kier molecular flexibility index (Phi) is 5.28. The molecule has 0 aliphatic carbocycles. The number of methoxy groups -OCH3 is 1. The smallest absolute Gasteiger partial charge is 0.123 e. The van der Waals surface area contributed by atoms with Gasteiger partial charge in [-0.1, -0.05) is 31.5 Å². The van der Waals surface area contributed by atoms with Gasteiger partial charge < -0.3 is 10.1 Å². The SMILES string of the molecule is CCC1CNC(C)(CC)CN1Cc1cc(C)ccc1OC. The van der Waals surface area contributed by atoms with Gasteiger partial charge in [-0.15, -0.1) is 0 Å². The Morgan fingerprint density at radius 1 is 1.38 bits per heavy atom. The topological polar surface area (TPSA) is 24.5 Å². The number of nitrogens with one attached hydrogen (secondary N) is 1. The molecular weight excluding hydrogens is 260 g/mol. The van der Waals surface area contributed by atoms with Gasteiger partial charge in [0.1, 0.15) is 5.75 Å². The second-order valence-corrected chi connectivity index (χ2v) is 6.58. The molecule has 1 aromatic rings. The Morgan fingerprint density at radius 2 is 2.14 bits per heavy atom. The molecule has 0 spiro atoms. The Balaban J connectivity index is 2.20. The molecule has 1 heterocycles. The van der Waals surface area contributed by atoms with E-state index >= 15 is 0 Å². The highest BCUT2D eigenvalue weighted by Crippen LogP contribution is 2.26. The maximum atomic E-state index is 5.55. The molecule has 1 aliphatic heterocycles. The fourth-order valence-electron chi connectivity index (χ4n) is 3.20. The van der Waals surface area contributed by atoms with E-state index in [0.29, 0.717) is 6.04 Å². The normalized spacial score (nSPS) is 26.8. The number of hydrogen-bond acceptors (Lipinski definition) is 3. The summed E-state index contributed by atoms with van der Waals surface area (Å²) in [5.41, 5.74) is 2.83. The van der Waals surface area contributed by atoms with Crippen LogP contribution in [0.2, 0.25) is 0 Å². The third kappa shape index (κ3) is 3.78. The highest BCUT2D eigenvalue weighted by Gasteiger charge is 2.33. The quantitative estimate of drug-likeness (QED) is 0.900. The van der Waals surface area contributed by atoms with Crippen molar-refractivity contribution in [3.63, 3.8) is 0 Å². The number of aryl methyl sites for hydroxylation is 1. The Labute approximate surface area is 129 Å². The lowest BCUT2D eigenvalue weighted by molar-refractivity contribution is 0.0748. The van der Waals surface area contributed by atoms with E-state index in [0.717, 1.165) is 31.8 Å².